The Morgan fingerprint density at radius 3 is 2.77 bits per heavy atom. The topological polar surface area (TPSA) is 115 Å². The Morgan fingerprint density at radius 1 is 1.23 bits per heavy atom. The molecule has 0 aliphatic carbocycles. The van der Waals surface area contributed by atoms with Crippen LogP contribution in [0.25, 0.3) is 22.6 Å². The molecule has 3 aromatic rings. The van der Waals surface area contributed by atoms with E-state index in [-0.39, 0.29) is 12.6 Å². The van der Waals surface area contributed by atoms with Crippen molar-refractivity contribution in [2.45, 2.75) is 46.3 Å². The summed E-state index contributed by atoms with van der Waals surface area (Å²) >= 11 is 0. The van der Waals surface area contributed by atoms with E-state index in [2.05, 4.69) is 22.7 Å². The minimum absolute atomic E-state index is 0.192. The zero-order chi connectivity index (χ0) is 24.9. The van der Waals surface area contributed by atoms with Crippen LogP contribution in [0.15, 0.2) is 28.8 Å². The summed E-state index contributed by atoms with van der Waals surface area (Å²) in [6.07, 6.45) is 0.321. The van der Waals surface area contributed by atoms with Gasteiger partial charge in [0, 0.05) is 30.3 Å². The SMILES string of the molecule is CNCC(O)COc1cccc(-c2nc(NC3CCOCC3C)c(C)c(-c3c(C)noc3C)n2)c1. The zero-order valence-electron chi connectivity index (χ0n) is 21.1. The number of ether oxygens (including phenoxy) is 2. The van der Waals surface area contributed by atoms with Gasteiger partial charge in [-0.2, -0.15) is 0 Å². The fourth-order valence-corrected chi connectivity index (χ4v) is 4.33. The van der Waals surface area contributed by atoms with E-state index in [0.29, 0.717) is 24.0 Å². The van der Waals surface area contributed by atoms with Gasteiger partial charge in [-0.25, -0.2) is 9.97 Å². The van der Waals surface area contributed by atoms with Crippen LogP contribution in [0.4, 0.5) is 5.82 Å². The third kappa shape index (κ3) is 5.80. The van der Waals surface area contributed by atoms with E-state index < -0.39 is 6.10 Å². The lowest BCUT2D eigenvalue weighted by molar-refractivity contribution is 0.0537. The van der Waals surface area contributed by atoms with Crippen molar-refractivity contribution >= 4 is 5.82 Å². The normalized spacial score (nSPS) is 18.9. The van der Waals surface area contributed by atoms with Crippen LogP contribution in [0.2, 0.25) is 0 Å². The molecular formula is C26H35N5O4. The number of benzene rings is 1. The Hall–Kier alpha value is -3.01. The number of rotatable bonds is 9. The van der Waals surface area contributed by atoms with Crippen LogP contribution >= 0.6 is 0 Å². The molecule has 9 nitrogen and oxygen atoms in total. The number of nitrogens with zero attached hydrogens (tertiary/aromatic N) is 3. The Balaban J connectivity index is 1.73. The van der Waals surface area contributed by atoms with Crippen LogP contribution in [0, 0.1) is 26.7 Å². The molecule has 1 aromatic carbocycles. The van der Waals surface area contributed by atoms with Crippen molar-refractivity contribution in [3.05, 3.63) is 41.3 Å². The molecule has 1 saturated heterocycles. The summed E-state index contributed by atoms with van der Waals surface area (Å²) in [5.41, 5.74) is 4.24. The van der Waals surface area contributed by atoms with Crippen molar-refractivity contribution in [1.29, 1.82) is 0 Å². The van der Waals surface area contributed by atoms with Gasteiger partial charge in [-0.15, -0.1) is 0 Å². The molecule has 3 heterocycles. The summed E-state index contributed by atoms with van der Waals surface area (Å²) in [7, 11) is 1.79. The second-order valence-electron chi connectivity index (χ2n) is 9.21. The van der Waals surface area contributed by atoms with Gasteiger partial charge in [0.25, 0.3) is 0 Å². The van der Waals surface area contributed by atoms with E-state index >= 15 is 0 Å². The summed E-state index contributed by atoms with van der Waals surface area (Å²) in [5.74, 6) is 3.10. The molecular weight excluding hydrogens is 446 g/mol. The summed E-state index contributed by atoms with van der Waals surface area (Å²) in [5, 5.41) is 20.7. The van der Waals surface area contributed by atoms with Crippen molar-refractivity contribution in [1.82, 2.24) is 20.4 Å². The molecule has 0 amide bonds. The number of likely N-dealkylation sites (N-methyl/N-ethyl adjacent to an activating group) is 1. The molecule has 3 N–H and O–H groups in total. The standard InChI is InChI=1S/C26H35N5O4/c1-15-13-33-10-9-22(15)28-25-16(2)24(23-17(3)31-35-18(23)4)29-26(30-25)19-7-6-8-21(11-19)34-14-20(32)12-27-5/h6-8,11,15,20,22,27,32H,9-10,12-14H2,1-5H3,(H,28,29,30). The summed E-state index contributed by atoms with van der Waals surface area (Å²) < 4.78 is 16.9. The number of aromatic nitrogens is 3. The minimum Gasteiger partial charge on any atom is -0.491 e. The summed E-state index contributed by atoms with van der Waals surface area (Å²) in [6.45, 7) is 10.1. The molecule has 4 rings (SSSR count). The molecule has 1 aliphatic heterocycles. The first-order valence-electron chi connectivity index (χ1n) is 12.1. The number of hydrogen-bond donors (Lipinski definition) is 3. The Bertz CT molecular complexity index is 1130. The van der Waals surface area contributed by atoms with Gasteiger partial charge in [0.1, 0.15) is 30.0 Å². The highest BCUT2D eigenvalue weighted by Gasteiger charge is 2.25. The second-order valence-corrected chi connectivity index (χ2v) is 9.21. The van der Waals surface area contributed by atoms with Crippen molar-refractivity contribution in [3.63, 3.8) is 0 Å². The van der Waals surface area contributed by atoms with Crippen molar-refractivity contribution in [2.24, 2.45) is 5.92 Å². The fraction of sp³-hybridized carbons (Fsp3) is 0.500. The second kappa shape index (κ2) is 11.2. The van der Waals surface area contributed by atoms with Crippen LogP contribution in [0.5, 0.6) is 5.75 Å². The largest absolute Gasteiger partial charge is 0.491 e. The van der Waals surface area contributed by atoms with Crippen LogP contribution in [0.3, 0.4) is 0 Å². The Morgan fingerprint density at radius 2 is 2.06 bits per heavy atom. The fourth-order valence-electron chi connectivity index (χ4n) is 4.33. The number of aliphatic hydroxyl groups excluding tert-OH is 1. The van der Waals surface area contributed by atoms with E-state index in [1.165, 1.54) is 0 Å². The van der Waals surface area contributed by atoms with Crippen LogP contribution in [-0.4, -0.2) is 65.8 Å². The monoisotopic (exact) mass is 481 g/mol. The van der Waals surface area contributed by atoms with Crippen LogP contribution in [-0.2, 0) is 4.74 Å². The number of aliphatic hydroxyl groups is 1. The maximum absolute atomic E-state index is 9.99. The molecule has 188 valence electrons. The molecule has 0 spiro atoms. The predicted molar refractivity (Wildman–Crippen MR) is 135 cm³/mol. The van der Waals surface area contributed by atoms with Crippen molar-refractivity contribution in [3.8, 4) is 28.4 Å². The average molecular weight is 482 g/mol. The average Bonchev–Trinajstić information content (AvgIpc) is 3.18. The third-order valence-electron chi connectivity index (χ3n) is 6.35. The molecule has 1 aliphatic rings. The lowest BCUT2D eigenvalue weighted by Gasteiger charge is -2.30. The van der Waals surface area contributed by atoms with E-state index in [0.717, 1.165) is 59.3 Å². The molecule has 0 radical (unpaired) electrons. The van der Waals surface area contributed by atoms with Gasteiger partial charge < -0.3 is 29.7 Å². The van der Waals surface area contributed by atoms with Gasteiger partial charge >= 0.3 is 0 Å². The van der Waals surface area contributed by atoms with E-state index in [1.807, 2.05) is 45.0 Å². The minimum atomic E-state index is -0.595. The Kier molecular flexibility index (Phi) is 8.00. The molecule has 2 aromatic heterocycles. The molecule has 0 saturated carbocycles. The molecule has 0 bridgehead atoms. The number of hydrogen-bond acceptors (Lipinski definition) is 9. The molecule has 1 fully saturated rings. The molecule has 9 heteroatoms. The van der Waals surface area contributed by atoms with Crippen LogP contribution < -0.4 is 15.4 Å². The van der Waals surface area contributed by atoms with Crippen LogP contribution in [0.1, 0.15) is 30.4 Å². The maximum Gasteiger partial charge on any atom is 0.162 e. The molecule has 3 atom stereocenters. The van der Waals surface area contributed by atoms with Gasteiger partial charge in [-0.1, -0.05) is 24.2 Å². The zero-order valence-corrected chi connectivity index (χ0v) is 21.1. The maximum atomic E-state index is 9.99. The van der Waals surface area contributed by atoms with E-state index in [9.17, 15) is 5.11 Å². The summed E-state index contributed by atoms with van der Waals surface area (Å²) in [6, 6.07) is 7.88. The third-order valence-corrected chi connectivity index (χ3v) is 6.35. The lowest BCUT2D eigenvalue weighted by atomic mass is 9.97. The first-order chi connectivity index (χ1) is 16.9. The van der Waals surface area contributed by atoms with E-state index in [1.54, 1.807) is 7.05 Å². The van der Waals surface area contributed by atoms with Gasteiger partial charge in [0.15, 0.2) is 5.82 Å². The number of aryl methyl sites for hydroxylation is 2. The quantitative estimate of drug-likeness (QED) is 0.422. The number of nitrogens with one attached hydrogen (secondary N) is 2. The highest BCUT2D eigenvalue weighted by molar-refractivity contribution is 5.74. The van der Waals surface area contributed by atoms with Crippen molar-refractivity contribution in [2.75, 3.05) is 38.7 Å². The lowest BCUT2D eigenvalue weighted by Crippen LogP contribution is -2.36. The first-order valence-corrected chi connectivity index (χ1v) is 12.1. The molecule has 3 unspecified atom stereocenters. The smallest absolute Gasteiger partial charge is 0.162 e. The first kappa shape index (κ1) is 25.1. The summed E-state index contributed by atoms with van der Waals surface area (Å²) in [4.78, 5) is 9.89. The van der Waals surface area contributed by atoms with Gasteiger partial charge in [-0.05, 0) is 52.3 Å². The number of anilines is 1. The van der Waals surface area contributed by atoms with Crippen molar-refractivity contribution < 1.29 is 19.1 Å². The Labute approximate surface area is 206 Å². The van der Waals surface area contributed by atoms with Gasteiger partial charge in [-0.3, -0.25) is 0 Å². The van der Waals surface area contributed by atoms with Gasteiger partial charge in [0.2, 0.25) is 0 Å². The van der Waals surface area contributed by atoms with E-state index in [4.69, 9.17) is 24.0 Å². The highest BCUT2D eigenvalue weighted by Crippen LogP contribution is 2.34. The molecule has 35 heavy (non-hydrogen) atoms. The van der Waals surface area contributed by atoms with Gasteiger partial charge in [0.05, 0.1) is 23.6 Å². The highest BCUT2D eigenvalue weighted by atomic mass is 16.5. The predicted octanol–water partition coefficient (Wildman–Crippen LogP) is 3.52.